The summed E-state index contributed by atoms with van der Waals surface area (Å²) in [5.74, 6) is 0. The van der Waals surface area contributed by atoms with E-state index in [9.17, 15) is 0 Å². The predicted molar refractivity (Wildman–Crippen MR) is 51.9 cm³/mol. The maximum atomic E-state index is 5.44. The third-order valence-electron chi connectivity index (χ3n) is 1.18. The summed E-state index contributed by atoms with van der Waals surface area (Å²) in [5.41, 5.74) is 0.327. The first-order valence-electron chi connectivity index (χ1n) is 4.14. The Kier molecular flexibility index (Phi) is 8.20. The SMILES string of the molecule is C.CCCCOCC(C)(C)C. The zero-order valence-corrected chi connectivity index (χ0v) is 7.74. The lowest BCUT2D eigenvalue weighted by molar-refractivity contribution is 0.0694. The quantitative estimate of drug-likeness (QED) is 0.572. The first-order valence-corrected chi connectivity index (χ1v) is 4.14. The largest absolute Gasteiger partial charge is 0.381 e. The molecule has 0 aliphatic carbocycles. The molecule has 70 valence electrons. The lowest BCUT2D eigenvalue weighted by atomic mass is 9.99. The van der Waals surface area contributed by atoms with Gasteiger partial charge in [-0.1, -0.05) is 41.5 Å². The van der Waals surface area contributed by atoms with E-state index in [0.29, 0.717) is 5.41 Å². The third kappa shape index (κ3) is 13.0. The molecule has 0 rings (SSSR count). The van der Waals surface area contributed by atoms with Crippen molar-refractivity contribution >= 4 is 0 Å². The van der Waals surface area contributed by atoms with Gasteiger partial charge in [-0.2, -0.15) is 0 Å². The van der Waals surface area contributed by atoms with Crippen LogP contribution in [-0.4, -0.2) is 13.2 Å². The highest BCUT2D eigenvalue weighted by Crippen LogP contribution is 2.12. The predicted octanol–water partition coefficient (Wildman–Crippen LogP) is 3.49. The van der Waals surface area contributed by atoms with Gasteiger partial charge in [0.15, 0.2) is 0 Å². The number of ether oxygens (including phenoxy) is 1. The summed E-state index contributed by atoms with van der Waals surface area (Å²) in [6.07, 6.45) is 2.42. The van der Waals surface area contributed by atoms with Gasteiger partial charge in [-0.25, -0.2) is 0 Å². The fourth-order valence-corrected chi connectivity index (χ4v) is 0.625. The molecule has 0 heterocycles. The lowest BCUT2D eigenvalue weighted by Gasteiger charge is -2.17. The molecular weight excluding hydrogens is 136 g/mol. The van der Waals surface area contributed by atoms with Crippen LogP contribution in [0, 0.1) is 5.41 Å². The van der Waals surface area contributed by atoms with Crippen LogP contribution in [0.5, 0.6) is 0 Å². The molecule has 0 saturated carbocycles. The summed E-state index contributed by atoms with van der Waals surface area (Å²) < 4.78 is 5.44. The summed E-state index contributed by atoms with van der Waals surface area (Å²) in [6.45, 7) is 10.6. The third-order valence-corrected chi connectivity index (χ3v) is 1.18. The maximum Gasteiger partial charge on any atom is 0.0514 e. The van der Waals surface area contributed by atoms with E-state index >= 15 is 0 Å². The fourth-order valence-electron chi connectivity index (χ4n) is 0.625. The molecule has 0 aliphatic heterocycles. The Morgan fingerprint density at radius 1 is 1.18 bits per heavy atom. The zero-order chi connectivity index (χ0) is 8.04. The molecule has 0 aromatic carbocycles. The van der Waals surface area contributed by atoms with Gasteiger partial charge in [0.2, 0.25) is 0 Å². The van der Waals surface area contributed by atoms with Crippen molar-refractivity contribution in [1.29, 1.82) is 0 Å². The van der Waals surface area contributed by atoms with Gasteiger partial charge in [0.1, 0.15) is 0 Å². The van der Waals surface area contributed by atoms with Crippen LogP contribution in [0.1, 0.15) is 48.0 Å². The van der Waals surface area contributed by atoms with Crippen LogP contribution in [0.4, 0.5) is 0 Å². The van der Waals surface area contributed by atoms with E-state index in [1.165, 1.54) is 12.8 Å². The van der Waals surface area contributed by atoms with Gasteiger partial charge in [-0.3, -0.25) is 0 Å². The fraction of sp³-hybridized carbons (Fsp3) is 1.00. The molecule has 1 heteroatoms. The Morgan fingerprint density at radius 2 is 1.73 bits per heavy atom. The van der Waals surface area contributed by atoms with Gasteiger partial charge in [0.05, 0.1) is 6.61 Å². The van der Waals surface area contributed by atoms with Crippen LogP contribution in [0.2, 0.25) is 0 Å². The zero-order valence-electron chi connectivity index (χ0n) is 7.74. The number of unbranched alkanes of at least 4 members (excludes halogenated alkanes) is 1. The Morgan fingerprint density at radius 3 is 2.09 bits per heavy atom. The highest BCUT2D eigenvalue weighted by molar-refractivity contribution is 4.58. The number of hydrogen-bond acceptors (Lipinski definition) is 1. The minimum absolute atomic E-state index is 0. The molecule has 0 aliphatic rings. The molecule has 0 N–H and O–H groups in total. The smallest absolute Gasteiger partial charge is 0.0514 e. The van der Waals surface area contributed by atoms with Gasteiger partial charge in [-0.05, 0) is 11.8 Å². The van der Waals surface area contributed by atoms with Crippen molar-refractivity contribution in [3.05, 3.63) is 0 Å². The van der Waals surface area contributed by atoms with E-state index in [4.69, 9.17) is 4.74 Å². The molecule has 0 unspecified atom stereocenters. The minimum Gasteiger partial charge on any atom is -0.381 e. The van der Waals surface area contributed by atoms with Gasteiger partial charge in [0.25, 0.3) is 0 Å². The van der Waals surface area contributed by atoms with E-state index in [2.05, 4.69) is 27.7 Å². The molecule has 0 saturated heterocycles. The molecule has 0 aromatic heterocycles. The second-order valence-electron chi connectivity index (χ2n) is 3.97. The van der Waals surface area contributed by atoms with Gasteiger partial charge < -0.3 is 4.74 Å². The second kappa shape index (κ2) is 6.66. The maximum absolute atomic E-state index is 5.44. The average Bonchev–Trinajstić information content (AvgIpc) is 1.78. The molecule has 0 amide bonds. The first-order chi connectivity index (χ1) is 4.56. The molecule has 0 bridgehead atoms. The molecule has 0 fully saturated rings. The minimum atomic E-state index is 0. The van der Waals surface area contributed by atoms with E-state index in [1.54, 1.807) is 0 Å². The highest BCUT2D eigenvalue weighted by atomic mass is 16.5. The van der Waals surface area contributed by atoms with E-state index < -0.39 is 0 Å². The van der Waals surface area contributed by atoms with E-state index in [0.717, 1.165) is 13.2 Å². The van der Waals surface area contributed by atoms with E-state index in [1.807, 2.05) is 0 Å². The van der Waals surface area contributed by atoms with Crippen LogP contribution in [0.3, 0.4) is 0 Å². The van der Waals surface area contributed by atoms with Crippen molar-refractivity contribution in [1.82, 2.24) is 0 Å². The Labute approximate surface area is 72.1 Å². The van der Waals surface area contributed by atoms with Crippen molar-refractivity contribution in [2.45, 2.75) is 48.0 Å². The standard InChI is InChI=1S/C9H20O.CH4/c1-5-6-7-10-8-9(2,3)4;/h5-8H2,1-4H3;1H4. The number of rotatable bonds is 4. The van der Waals surface area contributed by atoms with Crippen molar-refractivity contribution in [2.75, 3.05) is 13.2 Å². The van der Waals surface area contributed by atoms with Gasteiger partial charge in [0, 0.05) is 6.61 Å². The summed E-state index contributed by atoms with van der Waals surface area (Å²) in [6, 6.07) is 0. The van der Waals surface area contributed by atoms with Crippen LogP contribution in [0.15, 0.2) is 0 Å². The Hall–Kier alpha value is -0.0400. The van der Waals surface area contributed by atoms with Crippen molar-refractivity contribution in [3.8, 4) is 0 Å². The topological polar surface area (TPSA) is 9.23 Å². The summed E-state index contributed by atoms with van der Waals surface area (Å²) >= 11 is 0. The number of hydrogen-bond donors (Lipinski definition) is 0. The van der Waals surface area contributed by atoms with Gasteiger partial charge >= 0.3 is 0 Å². The Bertz CT molecular complexity index is 71.4. The van der Waals surface area contributed by atoms with Crippen LogP contribution in [0.25, 0.3) is 0 Å². The molecule has 0 spiro atoms. The normalized spacial score (nSPS) is 10.9. The highest BCUT2D eigenvalue weighted by Gasteiger charge is 2.08. The molecule has 0 radical (unpaired) electrons. The van der Waals surface area contributed by atoms with Crippen LogP contribution in [-0.2, 0) is 4.74 Å². The summed E-state index contributed by atoms with van der Waals surface area (Å²) in [5, 5.41) is 0. The molecule has 0 aromatic rings. The monoisotopic (exact) mass is 160 g/mol. The van der Waals surface area contributed by atoms with Crippen LogP contribution >= 0.6 is 0 Å². The molecule has 1 nitrogen and oxygen atoms in total. The van der Waals surface area contributed by atoms with Crippen LogP contribution < -0.4 is 0 Å². The molecule has 0 atom stereocenters. The average molecular weight is 160 g/mol. The lowest BCUT2D eigenvalue weighted by Crippen LogP contribution is -2.14. The Balaban J connectivity index is 0. The van der Waals surface area contributed by atoms with Crippen molar-refractivity contribution in [3.63, 3.8) is 0 Å². The van der Waals surface area contributed by atoms with E-state index in [-0.39, 0.29) is 7.43 Å². The second-order valence-corrected chi connectivity index (χ2v) is 3.97. The summed E-state index contributed by atoms with van der Waals surface area (Å²) in [4.78, 5) is 0. The van der Waals surface area contributed by atoms with Gasteiger partial charge in [-0.15, -0.1) is 0 Å². The summed E-state index contributed by atoms with van der Waals surface area (Å²) in [7, 11) is 0. The van der Waals surface area contributed by atoms with Crippen molar-refractivity contribution in [2.24, 2.45) is 5.41 Å². The molecular formula is C10H24O. The first kappa shape index (κ1) is 13.5. The molecule has 11 heavy (non-hydrogen) atoms. The van der Waals surface area contributed by atoms with Crippen molar-refractivity contribution < 1.29 is 4.74 Å².